The zero-order valence-corrected chi connectivity index (χ0v) is 15.2. The first-order valence-corrected chi connectivity index (χ1v) is 8.63. The standard InChI is InChI=1S/C20H20F3NO4/c1-2-27-17-10-6-3-7-14(17)11-12-19(26)28-13-18(25)24-16-9-5-4-8-15(16)20(21,22)23/h3-10H,2,11-13H2,1H3,(H,24,25). The lowest BCUT2D eigenvalue weighted by molar-refractivity contribution is -0.147. The van der Waals surface area contributed by atoms with Gasteiger partial charge in [0.2, 0.25) is 0 Å². The Bertz CT molecular complexity index is 821. The van der Waals surface area contributed by atoms with Crippen LogP contribution in [0.25, 0.3) is 0 Å². The van der Waals surface area contributed by atoms with E-state index in [0.29, 0.717) is 18.8 Å². The van der Waals surface area contributed by atoms with E-state index in [1.54, 1.807) is 6.07 Å². The Morgan fingerprint density at radius 2 is 1.71 bits per heavy atom. The van der Waals surface area contributed by atoms with E-state index in [4.69, 9.17) is 9.47 Å². The molecule has 0 fully saturated rings. The lowest BCUT2D eigenvalue weighted by Crippen LogP contribution is -2.22. The van der Waals surface area contributed by atoms with Gasteiger partial charge < -0.3 is 14.8 Å². The van der Waals surface area contributed by atoms with Crippen LogP contribution in [-0.4, -0.2) is 25.1 Å². The van der Waals surface area contributed by atoms with Crippen molar-refractivity contribution >= 4 is 17.6 Å². The molecule has 2 aromatic rings. The van der Waals surface area contributed by atoms with E-state index in [1.807, 2.05) is 25.1 Å². The van der Waals surface area contributed by atoms with Crippen LogP contribution < -0.4 is 10.1 Å². The number of alkyl halides is 3. The zero-order valence-electron chi connectivity index (χ0n) is 15.2. The molecule has 2 rings (SSSR count). The number of hydrogen-bond donors (Lipinski definition) is 1. The monoisotopic (exact) mass is 395 g/mol. The number of esters is 1. The molecule has 0 saturated carbocycles. The second kappa shape index (κ2) is 9.77. The summed E-state index contributed by atoms with van der Waals surface area (Å²) in [5.74, 6) is -0.815. The number of anilines is 1. The van der Waals surface area contributed by atoms with Crippen LogP contribution in [0.1, 0.15) is 24.5 Å². The molecule has 0 aliphatic rings. The number of benzene rings is 2. The van der Waals surface area contributed by atoms with Gasteiger partial charge in [-0.15, -0.1) is 0 Å². The fourth-order valence-electron chi connectivity index (χ4n) is 2.49. The number of rotatable bonds is 8. The lowest BCUT2D eigenvalue weighted by Gasteiger charge is -2.13. The first-order chi connectivity index (χ1) is 13.3. The number of ether oxygens (including phenoxy) is 2. The average Bonchev–Trinajstić information content (AvgIpc) is 2.65. The number of amides is 1. The van der Waals surface area contributed by atoms with Crippen molar-refractivity contribution in [3.63, 3.8) is 0 Å². The van der Waals surface area contributed by atoms with Gasteiger partial charge in [-0.3, -0.25) is 9.59 Å². The number of carbonyl (C=O) groups is 2. The van der Waals surface area contributed by atoms with E-state index in [2.05, 4.69) is 5.32 Å². The van der Waals surface area contributed by atoms with Crippen LogP contribution in [0.3, 0.4) is 0 Å². The molecule has 0 heterocycles. The minimum absolute atomic E-state index is 0.0104. The largest absolute Gasteiger partial charge is 0.494 e. The summed E-state index contributed by atoms with van der Waals surface area (Å²) >= 11 is 0. The van der Waals surface area contributed by atoms with Gasteiger partial charge in [0.1, 0.15) is 5.75 Å². The molecular formula is C20H20F3NO4. The second-order valence-corrected chi connectivity index (χ2v) is 5.79. The molecule has 0 bridgehead atoms. The minimum atomic E-state index is -4.60. The van der Waals surface area contributed by atoms with E-state index in [0.717, 1.165) is 17.7 Å². The van der Waals surface area contributed by atoms with Crippen LogP contribution in [-0.2, 0) is 26.9 Å². The van der Waals surface area contributed by atoms with Gasteiger partial charge in [-0.2, -0.15) is 13.2 Å². The molecule has 5 nitrogen and oxygen atoms in total. The van der Waals surface area contributed by atoms with Crippen molar-refractivity contribution < 1.29 is 32.2 Å². The summed E-state index contributed by atoms with van der Waals surface area (Å²) in [7, 11) is 0. The molecule has 0 saturated heterocycles. The molecule has 1 amide bonds. The predicted molar refractivity (Wildman–Crippen MR) is 97.0 cm³/mol. The maximum atomic E-state index is 12.9. The van der Waals surface area contributed by atoms with E-state index in [1.165, 1.54) is 12.1 Å². The van der Waals surface area contributed by atoms with Gasteiger partial charge in [0.05, 0.1) is 17.9 Å². The summed E-state index contributed by atoms with van der Waals surface area (Å²) in [5.41, 5.74) is -0.534. The molecule has 28 heavy (non-hydrogen) atoms. The van der Waals surface area contributed by atoms with Crippen LogP contribution >= 0.6 is 0 Å². The molecule has 0 atom stereocenters. The third kappa shape index (κ3) is 6.29. The molecular weight excluding hydrogens is 375 g/mol. The Hall–Kier alpha value is -3.03. The molecule has 0 aromatic heterocycles. The molecule has 0 aliphatic heterocycles. The molecule has 1 N–H and O–H groups in total. The smallest absolute Gasteiger partial charge is 0.418 e. The Kier molecular flexibility index (Phi) is 7.43. The summed E-state index contributed by atoms with van der Waals surface area (Å²) in [6, 6.07) is 11.8. The van der Waals surface area contributed by atoms with Crippen molar-refractivity contribution in [1.82, 2.24) is 0 Å². The van der Waals surface area contributed by atoms with Gasteiger partial charge in [0.25, 0.3) is 5.91 Å². The van der Waals surface area contributed by atoms with E-state index in [-0.39, 0.29) is 12.1 Å². The van der Waals surface area contributed by atoms with Gasteiger partial charge in [-0.05, 0) is 37.1 Å². The highest BCUT2D eigenvalue weighted by Crippen LogP contribution is 2.34. The van der Waals surface area contributed by atoms with Crippen LogP contribution in [0, 0.1) is 0 Å². The number of para-hydroxylation sites is 2. The fourth-order valence-corrected chi connectivity index (χ4v) is 2.49. The Morgan fingerprint density at radius 3 is 2.43 bits per heavy atom. The second-order valence-electron chi connectivity index (χ2n) is 5.79. The van der Waals surface area contributed by atoms with E-state index >= 15 is 0 Å². The fraction of sp³-hybridized carbons (Fsp3) is 0.300. The minimum Gasteiger partial charge on any atom is -0.494 e. The van der Waals surface area contributed by atoms with E-state index < -0.39 is 30.2 Å². The summed E-state index contributed by atoms with van der Waals surface area (Å²) in [5, 5.41) is 2.12. The molecule has 0 unspecified atom stereocenters. The summed E-state index contributed by atoms with van der Waals surface area (Å²) in [6.45, 7) is 1.67. The number of halogens is 3. The van der Waals surface area contributed by atoms with E-state index in [9.17, 15) is 22.8 Å². The van der Waals surface area contributed by atoms with Crippen molar-refractivity contribution in [3.8, 4) is 5.75 Å². The SMILES string of the molecule is CCOc1ccccc1CCC(=O)OCC(=O)Nc1ccccc1C(F)(F)F. The normalized spacial score (nSPS) is 11.0. The lowest BCUT2D eigenvalue weighted by atomic mass is 10.1. The van der Waals surface area contributed by atoms with Crippen molar-refractivity contribution in [2.45, 2.75) is 25.9 Å². The third-order valence-corrected chi connectivity index (χ3v) is 3.74. The highest BCUT2D eigenvalue weighted by atomic mass is 19.4. The van der Waals surface area contributed by atoms with Crippen molar-refractivity contribution in [2.75, 3.05) is 18.5 Å². The maximum Gasteiger partial charge on any atom is 0.418 e. The van der Waals surface area contributed by atoms with Gasteiger partial charge in [0.15, 0.2) is 6.61 Å². The molecule has 150 valence electrons. The van der Waals surface area contributed by atoms with Crippen LogP contribution in [0.15, 0.2) is 48.5 Å². The van der Waals surface area contributed by atoms with Gasteiger partial charge in [-0.1, -0.05) is 30.3 Å². The van der Waals surface area contributed by atoms with Crippen LogP contribution in [0.4, 0.5) is 18.9 Å². The predicted octanol–water partition coefficient (Wildman–Crippen LogP) is 4.22. The third-order valence-electron chi connectivity index (χ3n) is 3.74. The van der Waals surface area contributed by atoms with Gasteiger partial charge in [-0.25, -0.2) is 0 Å². The highest BCUT2D eigenvalue weighted by molar-refractivity contribution is 5.93. The quantitative estimate of drug-likeness (QED) is 0.680. The number of aryl methyl sites for hydroxylation is 1. The summed E-state index contributed by atoms with van der Waals surface area (Å²) in [6.07, 6.45) is -4.24. The molecule has 0 aliphatic carbocycles. The van der Waals surface area contributed by atoms with Crippen LogP contribution in [0.2, 0.25) is 0 Å². The molecule has 2 aromatic carbocycles. The molecule has 0 spiro atoms. The Morgan fingerprint density at radius 1 is 1.04 bits per heavy atom. The zero-order chi connectivity index (χ0) is 20.6. The summed E-state index contributed by atoms with van der Waals surface area (Å²) in [4.78, 5) is 23.7. The molecule has 8 heteroatoms. The Balaban J connectivity index is 1.85. The van der Waals surface area contributed by atoms with Gasteiger partial charge in [0, 0.05) is 6.42 Å². The van der Waals surface area contributed by atoms with Crippen molar-refractivity contribution in [2.24, 2.45) is 0 Å². The number of hydrogen-bond acceptors (Lipinski definition) is 4. The van der Waals surface area contributed by atoms with Crippen LogP contribution in [0.5, 0.6) is 5.75 Å². The summed E-state index contributed by atoms with van der Waals surface area (Å²) < 4.78 is 49.1. The van der Waals surface area contributed by atoms with Gasteiger partial charge >= 0.3 is 12.1 Å². The number of carbonyl (C=O) groups excluding carboxylic acids is 2. The molecule has 0 radical (unpaired) electrons. The Labute approximate surface area is 160 Å². The topological polar surface area (TPSA) is 64.6 Å². The first-order valence-electron chi connectivity index (χ1n) is 8.63. The number of nitrogens with one attached hydrogen (secondary N) is 1. The van der Waals surface area contributed by atoms with Crippen molar-refractivity contribution in [1.29, 1.82) is 0 Å². The maximum absolute atomic E-state index is 12.9. The first kappa shape index (κ1) is 21.3. The highest BCUT2D eigenvalue weighted by Gasteiger charge is 2.33. The average molecular weight is 395 g/mol. The van der Waals surface area contributed by atoms with Crippen molar-refractivity contribution in [3.05, 3.63) is 59.7 Å².